The third-order valence-electron chi connectivity index (χ3n) is 5.77. The monoisotopic (exact) mass is 478 g/mol. The highest BCUT2D eigenvalue weighted by molar-refractivity contribution is 6.30. The van der Waals surface area contributed by atoms with Crippen molar-refractivity contribution in [2.24, 2.45) is 0 Å². The number of piperazine rings is 1. The Bertz CT molecular complexity index is 1140. The molecule has 0 saturated carbocycles. The number of anilines is 2. The summed E-state index contributed by atoms with van der Waals surface area (Å²) in [5, 5.41) is 9.12. The standard InChI is InChI=1S/C21H22ClF3N8/c1-14-9-26-19(27-10-14)31-4-6-32(7-5-31)20-29-28-18-12-30(13-21(23,24)25)11-15-8-16(22)2-3-17(15)33(18)20/h2-3,8-10H,4-7,11-13H2,1H3. The lowest BCUT2D eigenvalue weighted by Gasteiger charge is -2.35. The molecule has 0 spiro atoms. The van der Waals surface area contributed by atoms with Crippen molar-refractivity contribution < 1.29 is 13.2 Å². The Balaban J connectivity index is 1.43. The van der Waals surface area contributed by atoms with Gasteiger partial charge in [-0.2, -0.15) is 13.2 Å². The lowest BCUT2D eigenvalue weighted by molar-refractivity contribution is -0.148. The summed E-state index contributed by atoms with van der Waals surface area (Å²) in [7, 11) is 0. The quantitative estimate of drug-likeness (QED) is 0.572. The summed E-state index contributed by atoms with van der Waals surface area (Å²) in [5.41, 5.74) is 2.46. The molecule has 0 atom stereocenters. The lowest BCUT2D eigenvalue weighted by Crippen LogP contribution is -2.48. The maximum absolute atomic E-state index is 13.2. The average molecular weight is 479 g/mol. The van der Waals surface area contributed by atoms with Gasteiger partial charge in [-0.1, -0.05) is 11.6 Å². The van der Waals surface area contributed by atoms with E-state index in [0.717, 1.165) is 11.3 Å². The zero-order valence-electron chi connectivity index (χ0n) is 17.9. The number of halogens is 4. The van der Waals surface area contributed by atoms with Gasteiger partial charge in [0.1, 0.15) is 0 Å². The minimum absolute atomic E-state index is 0.0377. The van der Waals surface area contributed by atoms with E-state index in [9.17, 15) is 13.2 Å². The van der Waals surface area contributed by atoms with E-state index in [-0.39, 0.29) is 13.1 Å². The number of hydrogen-bond donors (Lipinski definition) is 0. The lowest BCUT2D eigenvalue weighted by atomic mass is 10.1. The molecular formula is C21H22ClF3N8. The van der Waals surface area contributed by atoms with E-state index in [1.54, 1.807) is 24.5 Å². The van der Waals surface area contributed by atoms with Gasteiger partial charge >= 0.3 is 6.18 Å². The van der Waals surface area contributed by atoms with Gasteiger partial charge in [0.05, 0.1) is 18.8 Å². The van der Waals surface area contributed by atoms with E-state index < -0.39 is 12.7 Å². The Morgan fingerprint density at radius 2 is 1.67 bits per heavy atom. The fourth-order valence-electron chi connectivity index (χ4n) is 4.28. The molecule has 1 saturated heterocycles. The van der Waals surface area contributed by atoms with E-state index in [1.165, 1.54) is 4.90 Å². The number of aryl methyl sites for hydroxylation is 1. The van der Waals surface area contributed by atoms with Crippen LogP contribution in [0.15, 0.2) is 30.6 Å². The van der Waals surface area contributed by atoms with Crippen LogP contribution in [0.1, 0.15) is 17.0 Å². The SMILES string of the molecule is Cc1cnc(N2CCN(c3nnc4n3-c3ccc(Cl)cc3CN(CC(F)(F)F)C4)CC2)nc1. The Morgan fingerprint density at radius 3 is 2.36 bits per heavy atom. The zero-order valence-corrected chi connectivity index (χ0v) is 18.7. The number of rotatable bonds is 3. The van der Waals surface area contributed by atoms with Crippen LogP contribution in [0.25, 0.3) is 5.69 Å². The second-order valence-corrected chi connectivity index (χ2v) is 8.76. The maximum atomic E-state index is 13.2. The van der Waals surface area contributed by atoms with Crippen molar-refractivity contribution in [3.05, 3.63) is 52.6 Å². The molecule has 8 nitrogen and oxygen atoms in total. The van der Waals surface area contributed by atoms with Gasteiger partial charge in [0, 0.05) is 50.1 Å². The van der Waals surface area contributed by atoms with Crippen LogP contribution < -0.4 is 9.80 Å². The molecule has 2 aliphatic heterocycles. The Hall–Kier alpha value is -2.92. The molecule has 0 radical (unpaired) electrons. The summed E-state index contributed by atoms with van der Waals surface area (Å²) < 4.78 is 41.4. The highest BCUT2D eigenvalue weighted by atomic mass is 35.5. The van der Waals surface area contributed by atoms with E-state index in [0.29, 0.717) is 54.5 Å². The molecule has 174 valence electrons. The largest absolute Gasteiger partial charge is 0.401 e. The molecule has 0 N–H and O–H groups in total. The molecule has 5 rings (SSSR count). The van der Waals surface area contributed by atoms with E-state index in [4.69, 9.17) is 11.6 Å². The molecule has 3 aromatic rings. The van der Waals surface area contributed by atoms with Crippen molar-refractivity contribution in [1.82, 2.24) is 29.6 Å². The molecular weight excluding hydrogens is 457 g/mol. The van der Waals surface area contributed by atoms with Crippen molar-refractivity contribution >= 4 is 23.5 Å². The average Bonchev–Trinajstić information content (AvgIpc) is 3.10. The van der Waals surface area contributed by atoms with Gasteiger partial charge in [0.25, 0.3) is 0 Å². The number of hydrogen-bond acceptors (Lipinski definition) is 7. The second-order valence-electron chi connectivity index (χ2n) is 8.32. The Morgan fingerprint density at radius 1 is 0.970 bits per heavy atom. The molecule has 2 aromatic heterocycles. The number of alkyl halides is 3. The predicted octanol–water partition coefficient (Wildman–Crippen LogP) is 3.22. The molecule has 1 aromatic carbocycles. The first-order chi connectivity index (χ1) is 15.8. The minimum atomic E-state index is -4.31. The Kier molecular flexibility index (Phi) is 5.61. The fourth-order valence-corrected chi connectivity index (χ4v) is 4.47. The number of fused-ring (bicyclic) bond motifs is 3. The summed E-state index contributed by atoms with van der Waals surface area (Å²) in [5.74, 6) is 1.77. The van der Waals surface area contributed by atoms with Gasteiger partial charge in [0.2, 0.25) is 11.9 Å². The summed E-state index contributed by atoms with van der Waals surface area (Å²) >= 11 is 6.18. The van der Waals surface area contributed by atoms with E-state index in [1.807, 2.05) is 17.6 Å². The van der Waals surface area contributed by atoms with Crippen molar-refractivity contribution in [2.45, 2.75) is 26.2 Å². The highest BCUT2D eigenvalue weighted by Gasteiger charge is 2.34. The van der Waals surface area contributed by atoms with Crippen LogP contribution in [0.4, 0.5) is 25.1 Å². The molecule has 0 bridgehead atoms. The van der Waals surface area contributed by atoms with Crippen LogP contribution in [0.2, 0.25) is 5.02 Å². The summed E-state index contributed by atoms with van der Waals surface area (Å²) in [6, 6.07) is 5.27. The van der Waals surface area contributed by atoms with Gasteiger partial charge in [-0.25, -0.2) is 9.97 Å². The van der Waals surface area contributed by atoms with Gasteiger partial charge < -0.3 is 9.80 Å². The first-order valence-corrected chi connectivity index (χ1v) is 11.0. The van der Waals surface area contributed by atoms with Crippen LogP contribution in [0.5, 0.6) is 0 Å². The Labute approximate surface area is 193 Å². The molecule has 12 heteroatoms. The van der Waals surface area contributed by atoms with Gasteiger partial charge in [-0.3, -0.25) is 9.47 Å². The summed E-state index contributed by atoms with van der Waals surface area (Å²) in [4.78, 5) is 14.3. The molecule has 0 unspecified atom stereocenters. The van der Waals surface area contributed by atoms with E-state index in [2.05, 4.69) is 30.0 Å². The second kappa shape index (κ2) is 8.45. The third kappa shape index (κ3) is 4.60. The van der Waals surface area contributed by atoms with Crippen LogP contribution >= 0.6 is 11.6 Å². The van der Waals surface area contributed by atoms with Crippen LogP contribution in [0.3, 0.4) is 0 Å². The molecule has 0 amide bonds. The van der Waals surface area contributed by atoms with Crippen LogP contribution in [0, 0.1) is 6.92 Å². The molecule has 4 heterocycles. The normalized spacial score (nSPS) is 17.0. The first kappa shape index (κ1) is 21.9. The molecule has 0 aliphatic carbocycles. The van der Waals surface area contributed by atoms with Crippen molar-refractivity contribution in [3.8, 4) is 5.69 Å². The minimum Gasteiger partial charge on any atom is -0.337 e. The summed E-state index contributed by atoms with van der Waals surface area (Å²) in [6.07, 6.45) is -0.727. The number of benzene rings is 1. The maximum Gasteiger partial charge on any atom is 0.401 e. The van der Waals surface area contributed by atoms with Crippen molar-refractivity contribution in [3.63, 3.8) is 0 Å². The van der Waals surface area contributed by atoms with Crippen molar-refractivity contribution in [2.75, 3.05) is 42.5 Å². The van der Waals surface area contributed by atoms with Gasteiger partial charge in [0.15, 0.2) is 5.82 Å². The van der Waals surface area contributed by atoms with Crippen LogP contribution in [-0.2, 0) is 13.1 Å². The smallest absolute Gasteiger partial charge is 0.337 e. The number of nitrogens with zero attached hydrogens (tertiary/aromatic N) is 8. The molecule has 33 heavy (non-hydrogen) atoms. The van der Waals surface area contributed by atoms with Crippen LogP contribution in [-0.4, -0.2) is 68.5 Å². The van der Waals surface area contributed by atoms with Gasteiger partial charge in [-0.15, -0.1) is 10.2 Å². The summed E-state index contributed by atoms with van der Waals surface area (Å²) in [6.45, 7) is 3.77. The van der Waals surface area contributed by atoms with Crippen molar-refractivity contribution in [1.29, 1.82) is 0 Å². The molecule has 2 aliphatic rings. The molecule has 1 fully saturated rings. The third-order valence-corrected chi connectivity index (χ3v) is 6.01. The highest BCUT2D eigenvalue weighted by Crippen LogP contribution is 2.32. The topological polar surface area (TPSA) is 66.2 Å². The predicted molar refractivity (Wildman–Crippen MR) is 118 cm³/mol. The van der Waals surface area contributed by atoms with Gasteiger partial charge in [-0.05, 0) is 36.2 Å². The zero-order chi connectivity index (χ0) is 23.2. The number of aromatic nitrogens is 5. The fraction of sp³-hybridized carbons (Fsp3) is 0.429. The van der Waals surface area contributed by atoms with E-state index >= 15 is 0 Å². The first-order valence-electron chi connectivity index (χ1n) is 10.6.